The van der Waals surface area contributed by atoms with E-state index in [1.807, 2.05) is 18.2 Å². The maximum atomic E-state index is 13.5. The predicted molar refractivity (Wildman–Crippen MR) is 134 cm³/mol. The van der Waals surface area contributed by atoms with Gasteiger partial charge in [-0.25, -0.2) is 4.98 Å². The number of fused-ring (bicyclic) bond motifs is 1. The van der Waals surface area contributed by atoms with Crippen LogP contribution in [0.15, 0.2) is 48.7 Å². The molecule has 1 aromatic heterocycles. The highest BCUT2D eigenvalue weighted by molar-refractivity contribution is 7.87. The molecule has 6 rings (SSSR count). The van der Waals surface area contributed by atoms with Crippen molar-refractivity contribution in [3.63, 3.8) is 0 Å². The van der Waals surface area contributed by atoms with Gasteiger partial charge in [-0.2, -0.15) is 43.8 Å². The second-order valence-corrected chi connectivity index (χ2v) is 13.2. The van der Waals surface area contributed by atoms with E-state index in [0.29, 0.717) is 39.9 Å². The zero-order valence-electron chi connectivity index (χ0n) is 20.3. The Bertz CT molecular complexity index is 1530. The van der Waals surface area contributed by atoms with Gasteiger partial charge >= 0.3 is 12.4 Å². The molecule has 13 heteroatoms. The second kappa shape index (κ2) is 9.02. The Balaban J connectivity index is 1.30. The highest BCUT2D eigenvalue weighted by Gasteiger charge is 2.60. The molecule has 1 N–H and O–H groups in total. The first-order valence-electron chi connectivity index (χ1n) is 12.4. The average molecular weight is 588 g/mol. The van der Waals surface area contributed by atoms with Crippen molar-refractivity contribution in [2.45, 2.75) is 43.6 Å². The van der Waals surface area contributed by atoms with Crippen LogP contribution in [-0.2, 0) is 29.2 Å². The summed E-state index contributed by atoms with van der Waals surface area (Å²) in [5.41, 5.74) is 1.03. The van der Waals surface area contributed by atoms with Crippen molar-refractivity contribution in [1.82, 2.24) is 14.0 Å². The van der Waals surface area contributed by atoms with E-state index >= 15 is 0 Å². The van der Waals surface area contributed by atoms with Crippen molar-refractivity contribution in [3.8, 4) is 21.0 Å². The smallest absolute Gasteiger partial charge is 0.244 e. The Morgan fingerprint density at radius 1 is 1.00 bits per heavy atom. The Morgan fingerprint density at radius 2 is 1.69 bits per heavy atom. The molecule has 0 amide bonds. The van der Waals surface area contributed by atoms with Crippen LogP contribution in [-0.4, -0.2) is 42.5 Å². The van der Waals surface area contributed by atoms with Gasteiger partial charge in [-0.05, 0) is 60.8 Å². The number of hydrogen-bond acceptors (Lipinski definition) is 4. The van der Waals surface area contributed by atoms with Gasteiger partial charge in [0.25, 0.3) is 10.2 Å². The standard InChI is InChI=1S/C26H23F6N3O2S2/c27-25(28,29)14-35-13-24(34-39(35,36)37)18-7-8-19(24)11-17-9-16(6-5-15(17)10-18)23-33-12-22(38-23)20-3-1-2-4-21(20)26(30,31)32/h1-6,9,12,18-19,34H,7-8,10-11,13-14H2/t18-,19+,24-/m1/s1. The lowest BCUT2D eigenvalue weighted by atomic mass is 9.79. The fraction of sp³-hybridized carbons (Fsp3) is 0.423. The number of halogens is 6. The minimum absolute atomic E-state index is 0.0553. The number of benzene rings is 2. The third-order valence-corrected chi connectivity index (χ3v) is 10.8. The van der Waals surface area contributed by atoms with Crippen LogP contribution in [0.25, 0.3) is 21.0 Å². The van der Waals surface area contributed by atoms with Gasteiger partial charge < -0.3 is 0 Å². The maximum absolute atomic E-state index is 13.5. The van der Waals surface area contributed by atoms with Crippen LogP contribution in [0.1, 0.15) is 29.5 Å². The van der Waals surface area contributed by atoms with Crippen molar-refractivity contribution < 1.29 is 34.8 Å². The van der Waals surface area contributed by atoms with Gasteiger partial charge in [0.15, 0.2) is 0 Å². The van der Waals surface area contributed by atoms with Crippen molar-refractivity contribution in [3.05, 3.63) is 65.4 Å². The van der Waals surface area contributed by atoms with E-state index in [1.165, 1.54) is 18.3 Å². The van der Waals surface area contributed by atoms with Gasteiger partial charge in [-0.3, -0.25) is 0 Å². The van der Waals surface area contributed by atoms with E-state index in [-0.39, 0.29) is 23.9 Å². The topological polar surface area (TPSA) is 62.3 Å². The molecular weight excluding hydrogens is 564 g/mol. The molecule has 1 saturated heterocycles. The number of hydrogen-bond donors (Lipinski definition) is 1. The van der Waals surface area contributed by atoms with Gasteiger partial charge in [0.2, 0.25) is 0 Å². The molecule has 2 fully saturated rings. The zero-order valence-corrected chi connectivity index (χ0v) is 21.9. The minimum Gasteiger partial charge on any atom is -0.244 e. The Kier molecular flexibility index (Phi) is 6.18. The molecule has 3 aromatic rings. The molecule has 0 radical (unpaired) electrons. The molecule has 1 saturated carbocycles. The third-order valence-electron chi connectivity index (χ3n) is 8.16. The first kappa shape index (κ1) is 26.7. The maximum Gasteiger partial charge on any atom is 0.417 e. The van der Waals surface area contributed by atoms with Gasteiger partial charge in [-0.1, -0.05) is 30.3 Å². The van der Waals surface area contributed by atoms with Crippen LogP contribution in [0.3, 0.4) is 0 Å². The Labute approximate surface area is 225 Å². The van der Waals surface area contributed by atoms with E-state index in [2.05, 4.69) is 9.71 Å². The van der Waals surface area contributed by atoms with E-state index in [9.17, 15) is 34.8 Å². The van der Waals surface area contributed by atoms with Gasteiger partial charge in [-0.15, -0.1) is 11.3 Å². The molecule has 2 bridgehead atoms. The Hall–Kier alpha value is -2.48. The van der Waals surface area contributed by atoms with Crippen molar-refractivity contribution in [1.29, 1.82) is 0 Å². The molecule has 2 aliphatic carbocycles. The van der Waals surface area contributed by atoms with E-state index < -0.39 is 40.2 Å². The van der Waals surface area contributed by atoms with Gasteiger partial charge in [0.05, 0.1) is 16.0 Å². The Morgan fingerprint density at radius 3 is 2.38 bits per heavy atom. The van der Waals surface area contributed by atoms with Crippen LogP contribution < -0.4 is 4.72 Å². The summed E-state index contributed by atoms with van der Waals surface area (Å²) < 4.78 is 108. The summed E-state index contributed by atoms with van der Waals surface area (Å²) >= 11 is 1.15. The lowest BCUT2D eigenvalue weighted by molar-refractivity contribution is -0.137. The first-order valence-corrected chi connectivity index (χ1v) is 14.6. The zero-order chi connectivity index (χ0) is 27.8. The number of rotatable bonds is 3. The molecule has 1 spiro atoms. The lowest BCUT2D eigenvalue weighted by Gasteiger charge is -2.33. The van der Waals surface area contributed by atoms with Gasteiger partial charge in [0.1, 0.15) is 11.6 Å². The van der Waals surface area contributed by atoms with Crippen LogP contribution in [0, 0.1) is 11.8 Å². The highest BCUT2D eigenvalue weighted by atomic mass is 32.2. The number of thiazole rings is 1. The summed E-state index contributed by atoms with van der Waals surface area (Å²) in [7, 11) is -4.27. The average Bonchev–Trinajstić information content (AvgIpc) is 3.47. The fourth-order valence-corrected chi connectivity index (χ4v) is 9.11. The number of nitrogens with zero attached hydrogens (tertiary/aromatic N) is 2. The summed E-state index contributed by atoms with van der Waals surface area (Å²) in [5.74, 6) is -0.328. The monoisotopic (exact) mass is 587 g/mol. The van der Waals surface area contributed by atoms with E-state index in [4.69, 9.17) is 0 Å². The molecule has 5 nitrogen and oxygen atoms in total. The van der Waals surface area contributed by atoms with E-state index in [1.54, 1.807) is 6.07 Å². The van der Waals surface area contributed by atoms with Crippen molar-refractivity contribution >= 4 is 21.5 Å². The van der Waals surface area contributed by atoms with Crippen molar-refractivity contribution in [2.24, 2.45) is 11.8 Å². The molecule has 39 heavy (non-hydrogen) atoms. The lowest BCUT2D eigenvalue weighted by Crippen LogP contribution is -2.52. The first-order chi connectivity index (χ1) is 18.3. The van der Waals surface area contributed by atoms with Crippen LogP contribution in [0.5, 0.6) is 0 Å². The molecule has 2 heterocycles. The molecule has 0 unspecified atom stereocenters. The van der Waals surface area contributed by atoms with Crippen LogP contribution in [0.2, 0.25) is 0 Å². The molecule has 2 aromatic carbocycles. The fourth-order valence-electron chi connectivity index (χ4n) is 6.45. The van der Waals surface area contributed by atoms with Crippen LogP contribution in [0.4, 0.5) is 26.3 Å². The quantitative estimate of drug-likeness (QED) is 0.379. The summed E-state index contributed by atoms with van der Waals surface area (Å²) in [6.07, 6.45) is -5.31. The molecular formula is C26H23F6N3O2S2. The number of aromatic nitrogens is 1. The summed E-state index contributed by atoms with van der Waals surface area (Å²) in [4.78, 5) is 4.77. The largest absolute Gasteiger partial charge is 0.417 e. The second-order valence-electron chi connectivity index (χ2n) is 10.5. The van der Waals surface area contributed by atoms with Crippen LogP contribution >= 0.6 is 11.3 Å². The van der Waals surface area contributed by atoms with E-state index in [0.717, 1.165) is 34.1 Å². The van der Waals surface area contributed by atoms with Crippen molar-refractivity contribution in [2.75, 3.05) is 13.1 Å². The third kappa shape index (κ3) is 4.76. The molecule has 1 aliphatic heterocycles. The highest BCUT2D eigenvalue weighted by Crippen LogP contribution is 2.51. The normalized spacial score (nSPS) is 26.6. The summed E-state index contributed by atoms with van der Waals surface area (Å²) in [6, 6.07) is 11.0. The predicted octanol–water partition coefficient (Wildman–Crippen LogP) is 6.07. The molecule has 3 atom stereocenters. The molecule has 208 valence electrons. The summed E-state index contributed by atoms with van der Waals surface area (Å²) in [5, 5.41) is 0.548. The number of alkyl halides is 6. The SMILES string of the molecule is O=S1(=O)N[C@]2(CN1CC(F)(F)F)[C@@H]1CC[C@H]2Cc2cc(-c3ncc(-c4ccccc4C(F)(F)F)s3)ccc2C1. The van der Waals surface area contributed by atoms with Gasteiger partial charge in [0, 0.05) is 23.9 Å². The molecule has 3 aliphatic rings. The summed E-state index contributed by atoms with van der Waals surface area (Å²) in [6.45, 7) is -1.75. The minimum atomic E-state index is -4.64. The number of nitrogens with one attached hydrogen (secondary N) is 1.